The summed E-state index contributed by atoms with van der Waals surface area (Å²) in [4.78, 5) is 4.44. The Labute approximate surface area is 173 Å². The van der Waals surface area contributed by atoms with E-state index in [-0.39, 0.29) is 17.1 Å². The number of sulfone groups is 1. The monoisotopic (exact) mass is 437 g/mol. The van der Waals surface area contributed by atoms with Crippen molar-refractivity contribution in [1.29, 1.82) is 0 Å². The number of benzene rings is 2. The van der Waals surface area contributed by atoms with Gasteiger partial charge in [-0.1, -0.05) is 56.3 Å². The summed E-state index contributed by atoms with van der Waals surface area (Å²) in [6.45, 7) is 1.22. The van der Waals surface area contributed by atoms with Gasteiger partial charge in [0, 0.05) is 16.5 Å². The molecule has 3 aromatic rings. The Hall–Kier alpha value is -2.32. The zero-order chi connectivity index (χ0) is 21.0. The highest BCUT2D eigenvalue weighted by molar-refractivity contribution is 7.89. The number of ether oxygens (including phenoxy) is 1. The molecule has 1 aromatic heterocycles. The molecule has 0 aliphatic heterocycles. The molecule has 3 rings (SSSR count). The summed E-state index contributed by atoms with van der Waals surface area (Å²) in [5, 5.41) is 2.46. The highest BCUT2D eigenvalue weighted by Gasteiger charge is 2.19. The minimum Gasteiger partial charge on any atom is -0.435 e. The predicted molar refractivity (Wildman–Crippen MR) is 111 cm³/mol. The fraction of sp³-hybridized carbons (Fsp3) is 0.286. The third-order valence-corrected chi connectivity index (χ3v) is 6.73. The van der Waals surface area contributed by atoms with E-state index in [1.54, 1.807) is 11.4 Å². The van der Waals surface area contributed by atoms with Crippen molar-refractivity contribution < 1.29 is 21.9 Å². The summed E-state index contributed by atoms with van der Waals surface area (Å²) < 4.78 is 54.7. The largest absolute Gasteiger partial charge is 0.435 e. The van der Waals surface area contributed by atoms with Gasteiger partial charge in [0.2, 0.25) is 0 Å². The SMILES string of the molecule is CC(C)c1ccc(-c2nc(CS(=O)(=O)Cc3ccccc3OC(F)F)cs2)cc1. The molecule has 0 atom stereocenters. The van der Waals surface area contributed by atoms with Crippen LogP contribution in [-0.2, 0) is 21.3 Å². The Kier molecular flexibility index (Phi) is 6.64. The minimum absolute atomic E-state index is 0.129. The zero-order valence-electron chi connectivity index (χ0n) is 16.0. The van der Waals surface area contributed by atoms with Crippen LogP contribution in [0.15, 0.2) is 53.9 Å². The van der Waals surface area contributed by atoms with Gasteiger partial charge in [0.05, 0.1) is 17.2 Å². The third-order valence-electron chi connectivity index (χ3n) is 4.31. The first-order chi connectivity index (χ1) is 13.7. The molecule has 0 unspecified atom stereocenters. The summed E-state index contributed by atoms with van der Waals surface area (Å²) in [6, 6.07) is 13.9. The van der Waals surface area contributed by atoms with E-state index in [2.05, 4.69) is 23.6 Å². The number of halogens is 2. The van der Waals surface area contributed by atoms with E-state index in [1.165, 1.54) is 35.1 Å². The first-order valence-corrected chi connectivity index (χ1v) is 11.7. The summed E-state index contributed by atoms with van der Waals surface area (Å²) in [6.07, 6.45) is 0. The maximum atomic E-state index is 12.6. The van der Waals surface area contributed by atoms with Crippen molar-refractivity contribution in [2.24, 2.45) is 0 Å². The number of nitrogens with zero attached hydrogens (tertiary/aromatic N) is 1. The van der Waals surface area contributed by atoms with Crippen molar-refractivity contribution in [3.8, 4) is 16.3 Å². The summed E-state index contributed by atoms with van der Waals surface area (Å²) in [5.41, 5.74) is 2.79. The average molecular weight is 438 g/mol. The van der Waals surface area contributed by atoms with E-state index in [4.69, 9.17) is 0 Å². The van der Waals surface area contributed by atoms with Crippen molar-refractivity contribution in [2.45, 2.75) is 37.9 Å². The minimum atomic E-state index is -3.61. The Balaban J connectivity index is 1.73. The molecule has 4 nitrogen and oxygen atoms in total. The Bertz CT molecular complexity index is 1060. The predicted octanol–water partition coefficient (Wildman–Crippen LogP) is 5.65. The lowest BCUT2D eigenvalue weighted by Crippen LogP contribution is -2.11. The normalized spacial score (nSPS) is 11.9. The molecule has 0 radical (unpaired) electrons. The Morgan fingerprint density at radius 3 is 2.38 bits per heavy atom. The van der Waals surface area contributed by atoms with Crippen LogP contribution >= 0.6 is 11.3 Å². The number of hydrogen-bond donors (Lipinski definition) is 0. The van der Waals surface area contributed by atoms with Gasteiger partial charge in [-0.2, -0.15) is 8.78 Å². The van der Waals surface area contributed by atoms with Gasteiger partial charge in [-0.15, -0.1) is 11.3 Å². The molecule has 0 N–H and O–H groups in total. The van der Waals surface area contributed by atoms with Gasteiger partial charge in [-0.3, -0.25) is 0 Å². The summed E-state index contributed by atoms with van der Waals surface area (Å²) in [5.74, 6) is -0.365. The maximum absolute atomic E-state index is 12.6. The lowest BCUT2D eigenvalue weighted by atomic mass is 10.0. The standard InChI is InChI=1S/C21H21F2NO3S2/c1-14(2)15-7-9-16(10-8-15)20-24-18(11-28-20)13-29(25,26)12-17-5-3-4-6-19(17)27-21(22)23/h3-11,14,21H,12-13H2,1-2H3. The van der Waals surface area contributed by atoms with Crippen molar-refractivity contribution in [2.75, 3.05) is 0 Å². The molecule has 0 bridgehead atoms. The smallest absolute Gasteiger partial charge is 0.387 e. The van der Waals surface area contributed by atoms with Gasteiger partial charge in [0.1, 0.15) is 10.8 Å². The molecule has 154 valence electrons. The molecule has 0 amide bonds. The number of aromatic nitrogens is 1. The highest BCUT2D eigenvalue weighted by atomic mass is 32.2. The second-order valence-corrected chi connectivity index (χ2v) is 9.86. The van der Waals surface area contributed by atoms with Gasteiger partial charge in [0.25, 0.3) is 0 Å². The Morgan fingerprint density at radius 1 is 1.03 bits per heavy atom. The third kappa shape index (κ3) is 5.83. The molecule has 8 heteroatoms. The van der Waals surface area contributed by atoms with Crippen LogP contribution in [0.1, 0.15) is 36.6 Å². The van der Waals surface area contributed by atoms with Gasteiger partial charge in [0.15, 0.2) is 9.84 Å². The molecule has 1 heterocycles. The van der Waals surface area contributed by atoms with Crippen LogP contribution in [-0.4, -0.2) is 20.0 Å². The molecular weight excluding hydrogens is 416 g/mol. The van der Waals surface area contributed by atoms with Gasteiger partial charge in [-0.25, -0.2) is 13.4 Å². The topological polar surface area (TPSA) is 56.3 Å². The number of thiazole rings is 1. The number of hydrogen-bond acceptors (Lipinski definition) is 5. The lowest BCUT2D eigenvalue weighted by molar-refractivity contribution is -0.0503. The van der Waals surface area contributed by atoms with Crippen LogP contribution in [0.2, 0.25) is 0 Å². The molecule has 0 fully saturated rings. The fourth-order valence-corrected chi connectivity index (χ4v) is 5.21. The molecule has 2 aromatic carbocycles. The lowest BCUT2D eigenvalue weighted by Gasteiger charge is -2.10. The van der Waals surface area contributed by atoms with E-state index < -0.39 is 22.2 Å². The van der Waals surface area contributed by atoms with Crippen molar-refractivity contribution in [3.05, 3.63) is 70.7 Å². The molecule has 29 heavy (non-hydrogen) atoms. The van der Waals surface area contributed by atoms with Crippen LogP contribution in [0, 0.1) is 0 Å². The maximum Gasteiger partial charge on any atom is 0.387 e. The summed E-state index contributed by atoms with van der Waals surface area (Å²) in [7, 11) is -3.61. The molecule has 0 saturated carbocycles. The van der Waals surface area contributed by atoms with Crippen LogP contribution in [0.5, 0.6) is 5.75 Å². The fourth-order valence-electron chi connectivity index (χ4n) is 2.86. The van der Waals surface area contributed by atoms with E-state index in [1.807, 2.05) is 24.3 Å². The van der Waals surface area contributed by atoms with E-state index in [9.17, 15) is 17.2 Å². The van der Waals surface area contributed by atoms with Crippen LogP contribution in [0.25, 0.3) is 10.6 Å². The number of para-hydroxylation sites is 1. The van der Waals surface area contributed by atoms with Crippen molar-refractivity contribution in [3.63, 3.8) is 0 Å². The second-order valence-electron chi connectivity index (χ2n) is 6.94. The van der Waals surface area contributed by atoms with Crippen molar-refractivity contribution in [1.82, 2.24) is 4.98 Å². The van der Waals surface area contributed by atoms with E-state index in [0.717, 1.165) is 10.6 Å². The zero-order valence-corrected chi connectivity index (χ0v) is 17.6. The number of alkyl halides is 2. The van der Waals surface area contributed by atoms with E-state index in [0.29, 0.717) is 11.6 Å². The van der Waals surface area contributed by atoms with E-state index >= 15 is 0 Å². The highest BCUT2D eigenvalue weighted by Crippen LogP contribution is 2.28. The van der Waals surface area contributed by atoms with Crippen LogP contribution < -0.4 is 4.74 Å². The molecule has 0 aliphatic carbocycles. The van der Waals surface area contributed by atoms with Crippen LogP contribution in [0.4, 0.5) is 8.78 Å². The quantitative estimate of drug-likeness (QED) is 0.457. The van der Waals surface area contributed by atoms with Gasteiger partial charge >= 0.3 is 6.61 Å². The van der Waals surface area contributed by atoms with Crippen LogP contribution in [0.3, 0.4) is 0 Å². The van der Waals surface area contributed by atoms with Crippen molar-refractivity contribution >= 4 is 21.2 Å². The molecule has 0 saturated heterocycles. The molecule has 0 spiro atoms. The Morgan fingerprint density at radius 2 is 1.72 bits per heavy atom. The van der Waals surface area contributed by atoms with Gasteiger partial charge in [-0.05, 0) is 17.5 Å². The number of rotatable bonds is 8. The first-order valence-electron chi connectivity index (χ1n) is 9.01. The van der Waals surface area contributed by atoms with Gasteiger partial charge < -0.3 is 4.74 Å². The molecule has 0 aliphatic rings. The summed E-state index contributed by atoms with van der Waals surface area (Å²) >= 11 is 1.38. The second kappa shape index (κ2) is 9.00. The first kappa shape index (κ1) is 21.4. The average Bonchev–Trinajstić information content (AvgIpc) is 3.10. The molecular formula is C21H21F2NO3S2.